The largest absolute Gasteiger partial charge is 0.342 e. The second-order valence-electron chi connectivity index (χ2n) is 5.29. The van der Waals surface area contributed by atoms with Gasteiger partial charge < -0.3 is 5.32 Å². The van der Waals surface area contributed by atoms with Crippen LogP contribution < -0.4 is 5.32 Å². The summed E-state index contributed by atoms with van der Waals surface area (Å²) in [5.41, 5.74) is 1.06. The van der Waals surface area contributed by atoms with Gasteiger partial charge in [0.25, 0.3) is 5.91 Å². The van der Waals surface area contributed by atoms with E-state index in [0.717, 1.165) is 17.8 Å². The normalized spacial score (nSPS) is 12.3. The van der Waals surface area contributed by atoms with Crippen LogP contribution in [0.5, 0.6) is 0 Å². The quantitative estimate of drug-likeness (QED) is 0.591. The fraction of sp³-hybridized carbons (Fsp3) is 0.250. The van der Waals surface area contributed by atoms with Crippen LogP contribution in [0, 0.1) is 0 Å². The third-order valence-corrected chi connectivity index (χ3v) is 5.00. The molecule has 0 fully saturated rings. The number of fused-ring (bicyclic) bond motifs is 1. The lowest BCUT2D eigenvalue weighted by molar-refractivity contribution is 0.0933. The Labute approximate surface area is 162 Å². The number of thioether (sulfide) groups is 1. The summed E-state index contributed by atoms with van der Waals surface area (Å²) in [6.45, 7) is 0. The van der Waals surface area contributed by atoms with E-state index in [-0.39, 0.29) is 17.1 Å². The highest BCUT2D eigenvalue weighted by Gasteiger charge is 2.22. The Bertz CT molecular complexity index is 903. The molecule has 0 aliphatic rings. The SMILES string of the molecule is CSCCC(NC(=O)c1cc(Br)cnc1Cl)c1nnc2ccccn12. The molecule has 3 aromatic rings. The predicted molar refractivity (Wildman–Crippen MR) is 103 cm³/mol. The van der Waals surface area contributed by atoms with Gasteiger partial charge >= 0.3 is 0 Å². The maximum atomic E-state index is 12.7. The van der Waals surface area contributed by atoms with Gasteiger partial charge in [-0.2, -0.15) is 11.8 Å². The zero-order valence-electron chi connectivity index (χ0n) is 13.3. The van der Waals surface area contributed by atoms with Gasteiger partial charge in [-0.15, -0.1) is 10.2 Å². The van der Waals surface area contributed by atoms with Gasteiger partial charge in [0, 0.05) is 16.9 Å². The van der Waals surface area contributed by atoms with Crippen LogP contribution in [-0.2, 0) is 0 Å². The maximum Gasteiger partial charge on any atom is 0.255 e. The van der Waals surface area contributed by atoms with Crippen molar-refractivity contribution in [2.45, 2.75) is 12.5 Å². The highest BCUT2D eigenvalue weighted by atomic mass is 79.9. The van der Waals surface area contributed by atoms with Crippen LogP contribution in [0.2, 0.25) is 5.15 Å². The molecule has 0 saturated heterocycles. The number of carbonyl (C=O) groups excluding carboxylic acids is 1. The van der Waals surface area contributed by atoms with Gasteiger partial charge in [-0.05, 0) is 52.6 Å². The first-order valence-electron chi connectivity index (χ1n) is 7.50. The smallest absolute Gasteiger partial charge is 0.255 e. The fourth-order valence-electron chi connectivity index (χ4n) is 2.42. The van der Waals surface area contributed by atoms with Gasteiger partial charge in [0.1, 0.15) is 5.15 Å². The van der Waals surface area contributed by atoms with Crippen LogP contribution in [0.15, 0.2) is 41.1 Å². The predicted octanol–water partition coefficient (Wildman–Crippen LogP) is 3.76. The number of pyridine rings is 2. The zero-order valence-corrected chi connectivity index (χ0v) is 16.5. The summed E-state index contributed by atoms with van der Waals surface area (Å²) in [5, 5.41) is 11.6. The number of hydrogen-bond acceptors (Lipinski definition) is 5. The van der Waals surface area contributed by atoms with Crippen LogP contribution in [0.25, 0.3) is 5.65 Å². The van der Waals surface area contributed by atoms with Crippen molar-refractivity contribution >= 4 is 50.8 Å². The van der Waals surface area contributed by atoms with Gasteiger partial charge in [0.2, 0.25) is 0 Å². The Kier molecular flexibility index (Phi) is 5.93. The number of carbonyl (C=O) groups is 1. The van der Waals surface area contributed by atoms with Crippen molar-refractivity contribution < 1.29 is 4.79 Å². The number of amides is 1. The molecular weight excluding hydrogens is 426 g/mol. The maximum absolute atomic E-state index is 12.7. The topological polar surface area (TPSA) is 72.2 Å². The number of halogens is 2. The zero-order chi connectivity index (χ0) is 17.8. The Morgan fingerprint density at radius 2 is 2.28 bits per heavy atom. The van der Waals surface area contributed by atoms with E-state index in [1.165, 1.54) is 0 Å². The average molecular weight is 441 g/mol. The fourth-order valence-corrected chi connectivity index (χ4v) is 3.41. The summed E-state index contributed by atoms with van der Waals surface area (Å²) in [7, 11) is 0. The number of rotatable bonds is 6. The first-order valence-corrected chi connectivity index (χ1v) is 10.1. The van der Waals surface area contributed by atoms with E-state index >= 15 is 0 Å². The lowest BCUT2D eigenvalue weighted by Gasteiger charge is -2.17. The van der Waals surface area contributed by atoms with E-state index in [9.17, 15) is 4.79 Å². The van der Waals surface area contributed by atoms with E-state index in [1.54, 1.807) is 24.0 Å². The lowest BCUT2D eigenvalue weighted by Crippen LogP contribution is -2.30. The van der Waals surface area contributed by atoms with E-state index in [2.05, 4.69) is 36.4 Å². The molecule has 0 radical (unpaired) electrons. The van der Waals surface area contributed by atoms with Crippen LogP contribution >= 0.6 is 39.3 Å². The second-order valence-corrected chi connectivity index (χ2v) is 7.55. The molecule has 0 saturated carbocycles. The summed E-state index contributed by atoms with van der Waals surface area (Å²) in [4.78, 5) is 16.7. The Hall–Kier alpha value is -1.64. The Morgan fingerprint density at radius 1 is 1.44 bits per heavy atom. The number of aromatic nitrogens is 4. The summed E-state index contributed by atoms with van der Waals surface area (Å²) in [6.07, 6.45) is 6.18. The lowest BCUT2D eigenvalue weighted by atomic mass is 10.2. The first-order chi connectivity index (χ1) is 12.1. The molecule has 0 bridgehead atoms. The molecular formula is C16H15BrClN5OS. The minimum absolute atomic E-state index is 0.162. The molecule has 3 heterocycles. The van der Waals surface area contributed by atoms with Crippen LogP contribution in [0.1, 0.15) is 28.6 Å². The molecule has 25 heavy (non-hydrogen) atoms. The van der Waals surface area contributed by atoms with Crippen molar-refractivity contribution in [1.82, 2.24) is 24.9 Å². The van der Waals surface area contributed by atoms with Crippen LogP contribution in [0.4, 0.5) is 0 Å². The molecule has 9 heteroatoms. The highest BCUT2D eigenvalue weighted by Crippen LogP contribution is 2.22. The molecule has 3 aromatic heterocycles. The summed E-state index contributed by atoms with van der Waals surface area (Å²) in [5.74, 6) is 1.27. The molecule has 0 aliphatic heterocycles. The third-order valence-electron chi connectivity index (χ3n) is 3.62. The van der Waals surface area contributed by atoms with Crippen LogP contribution in [-0.4, -0.2) is 37.5 Å². The Morgan fingerprint density at radius 3 is 3.08 bits per heavy atom. The molecule has 1 atom stereocenters. The second kappa shape index (κ2) is 8.16. The Balaban J connectivity index is 1.91. The molecule has 3 rings (SSSR count). The van der Waals surface area contributed by atoms with Crippen molar-refractivity contribution in [3.63, 3.8) is 0 Å². The summed E-state index contributed by atoms with van der Waals surface area (Å²) in [6, 6.07) is 7.04. The minimum atomic E-state index is -0.294. The first kappa shape index (κ1) is 18.2. The monoisotopic (exact) mass is 439 g/mol. The van der Waals surface area contributed by atoms with Crippen molar-refractivity contribution in [3.05, 3.63) is 57.7 Å². The number of nitrogens with one attached hydrogen (secondary N) is 1. The van der Waals surface area contributed by atoms with Gasteiger partial charge in [-0.3, -0.25) is 9.20 Å². The van der Waals surface area contributed by atoms with Gasteiger partial charge in [-0.25, -0.2) is 4.98 Å². The molecule has 130 valence electrons. The van der Waals surface area contributed by atoms with E-state index in [4.69, 9.17) is 11.6 Å². The van der Waals surface area contributed by atoms with Crippen molar-refractivity contribution in [2.24, 2.45) is 0 Å². The van der Waals surface area contributed by atoms with Crippen molar-refractivity contribution in [3.8, 4) is 0 Å². The average Bonchev–Trinajstić information content (AvgIpc) is 3.04. The van der Waals surface area contributed by atoms with E-state index in [0.29, 0.717) is 15.9 Å². The highest BCUT2D eigenvalue weighted by molar-refractivity contribution is 9.10. The molecule has 6 nitrogen and oxygen atoms in total. The molecule has 0 spiro atoms. The standard InChI is InChI=1S/C16H15BrClN5OS/c1-25-7-5-12(15-22-21-13-4-2-3-6-23(13)15)20-16(24)11-8-10(17)9-19-14(11)18/h2-4,6,8-9,12H,5,7H2,1H3,(H,20,24). The summed E-state index contributed by atoms with van der Waals surface area (Å²) < 4.78 is 2.57. The molecule has 1 unspecified atom stereocenters. The number of nitrogens with zero attached hydrogens (tertiary/aromatic N) is 4. The van der Waals surface area contributed by atoms with E-state index < -0.39 is 0 Å². The third kappa shape index (κ3) is 4.13. The molecule has 0 aliphatic carbocycles. The van der Waals surface area contributed by atoms with Crippen molar-refractivity contribution in [2.75, 3.05) is 12.0 Å². The molecule has 1 amide bonds. The van der Waals surface area contributed by atoms with Gasteiger partial charge in [-0.1, -0.05) is 17.7 Å². The minimum Gasteiger partial charge on any atom is -0.342 e. The van der Waals surface area contributed by atoms with Gasteiger partial charge in [0.05, 0.1) is 11.6 Å². The van der Waals surface area contributed by atoms with Crippen molar-refractivity contribution in [1.29, 1.82) is 0 Å². The molecule has 0 aromatic carbocycles. The summed E-state index contributed by atoms with van der Waals surface area (Å²) >= 11 is 11.1. The number of hydrogen-bond donors (Lipinski definition) is 1. The van der Waals surface area contributed by atoms with E-state index in [1.807, 2.05) is 35.1 Å². The molecule has 1 N–H and O–H groups in total. The van der Waals surface area contributed by atoms with Crippen LogP contribution in [0.3, 0.4) is 0 Å². The van der Waals surface area contributed by atoms with Gasteiger partial charge in [0.15, 0.2) is 11.5 Å².